The van der Waals surface area contributed by atoms with Crippen LogP contribution in [0.15, 0.2) is 48.2 Å². The van der Waals surface area contributed by atoms with Gasteiger partial charge in [0, 0.05) is 66.7 Å². The van der Waals surface area contributed by atoms with Crippen LogP contribution in [-0.2, 0) is 22.3 Å². The summed E-state index contributed by atoms with van der Waals surface area (Å²) in [7, 11) is 4.22. The number of rotatable bonds is 15. The SMILES string of the molecule is CCCc1cc2c(c(OC3(OCCCOC4(Oc5cccc6[nH]cc(CCN(C)C)c56)CC4)CC3)c1)C1C=C(C)CCC1C(C)O2. The number of hydrogen-bond donors (Lipinski definition) is 1. The summed E-state index contributed by atoms with van der Waals surface area (Å²) in [5, 5.41) is 1.17. The minimum atomic E-state index is -0.550. The van der Waals surface area contributed by atoms with Crippen molar-refractivity contribution in [2.45, 2.75) is 109 Å². The number of nitrogens with one attached hydrogen (secondary N) is 1. The molecule has 7 heteroatoms. The highest BCUT2D eigenvalue weighted by molar-refractivity contribution is 5.89. The molecule has 3 aliphatic carbocycles. The fourth-order valence-corrected chi connectivity index (χ4v) is 7.38. The zero-order valence-corrected chi connectivity index (χ0v) is 28.5. The fraction of sp³-hybridized carbons (Fsp3) is 0.590. The number of ether oxygens (including phenoxy) is 5. The number of H-pyrrole nitrogens is 1. The van der Waals surface area contributed by atoms with Crippen molar-refractivity contribution in [1.29, 1.82) is 0 Å². The summed E-state index contributed by atoms with van der Waals surface area (Å²) in [4.78, 5) is 5.63. The van der Waals surface area contributed by atoms with E-state index < -0.39 is 11.6 Å². The highest BCUT2D eigenvalue weighted by atomic mass is 16.7. The van der Waals surface area contributed by atoms with E-state index in [-0.39, 0.29) is 6.10 Å². The molecule has 2 fully saturated rings. The monoisotopic (exact) mass is 628 g/mol. The van der Waals surface area contributed by atoms with Crippen LogP contribution in [0, 0.1) is 5.92 Å². The third kappa shape index (κ3) is 6.69. The van der Waals surface area contributed by atoms with Gasteiger partial charge in [-0.05, 0) is 95.4 Å². The van der Waals surface area contributed by atoms with Gasteiger partial charge in [0.1, 0.15) is 17.2 Å². The molecular weight excluding hydrogens is 576 g/mol. The van der Waals surface area contributed by atoms with Crippen molar-refractivity contribution < 1.29 is 23.7 Å². The number of hydrogen-bond acceptors (Lipinski definition) is 6. The molecular formula is C39H52N2O5. The van der Waals surface area contributed by atoms with Crippen LogP contribution in [0.25, 0.3) is 10.9 Å². The van der Waals surface area contributed by atoms with Gasteiger partial charge in [0.25, 0.3) is 0 Å². The Morgan fingerprint density at radius 3 is 2.41 bits per heavy atom. The topological polar surface area (TPSA) is 65.2 Å². The minimum Gasteiger partial charge on any atom is -0.490 e. The molecule has 1 aromatic heterocycles. The third-order valence-corrected chi connectivity index (χ3v) is 10.3. The van der Waals surface area contributed by atoms with Crippen LogP contribution in [0.3, 0.4) is 0 Å². The van der Waals surface area contributed by atoms with Crippen LogP contribution in [0.1, 0.15) is 94.7 Å². The van der Waals surface area contributed by atoms with Crippen LogP contribution in [0.2, 0.25) is 0 Å². The molecule has 2 saturated carbocycles. The fourth-order valence-electron chi connectivity index (χ4n) is 7.38. The van der Waals surface area contributed by atoms with Gasteiger partial charge in [0.05, 0.1) is 19.3 Å². The largest absolute Gasteiger partial charge is 0.490 e. The Hall–Kier alpha value is -3.00. The number of likely N-dealkylation sites (N-methyl/N-ethyl adjacent to an activating group) is 1. The smallest absolute Gasteiger partial charge is 0.211 e. The standard InChI is InChI=1S/C39H52N2O5/c1-6-9-28-23-34-37(31-22-26(2)12-13-30(31)27(3)44-34)35(24-28)46-39(17-18-39)43-21-8-20-42-38(15-16-38)45-33-11-7-10-32-36(33)29(25-40-32)14-19-41(4)5/h7,10-11,22-25,27,30-31,40H,6,8-9,12-21H2,1-5H3. The summed E-state index contributed by atoms with van der Waals surface area (Å²) in [6.07, 6.45) is 14.6. The average Bonchev–Trinajstić information content (AvgIpc) is 3.93. The first-order chi connectivity index (χ1) is 22.3. The first kappa shape index (κ1) is 31.6. The first-order valence-corrected chi connectivity index (χ1v) is 17.7. The second-order valence-electron chi connectivity index (χ2n) is 14.4. The Balaban J connectivity index is 0.973. The van der Waals surface area contributed by atoms with Crippen LogP contribution in [0.5, 0.6) is 17.2 Å². The van der Waals surface area contributed by atoms with Gasteiger partial charge in [-0.3, -0.25) is 0 Å². The summed E-state index contributed by atoms with van der Waals surface area (Å²) < 4.78 is 32.8. The number of aromatic nitrogens is 1. The molecule has 3 atom stereocenters. The Morgan fingerprint density at radius 2 is 1.72 bits per heavy atom. The van der Waals surface area contributed by atoms with E-state index in [4.69, 9.17) is 23.7 Å². The first-order valence-electron chi connectivity index (χ1n) is 17.7. The number of aromatic amines is 1. The predicted octanol–water partition coefficient (Wildman–Crippen LogP) is 8.31. The Morgan fingerprint density at radius 1 is 0.978 bits per heavy atom. The summed E-state index contributed by atoms with van der Waals surface area (Å²) in [6, 6.07) is 10.8. The Bertz CT molecular complexity index is 1570. The van der Waals surface area contributed by atoms with Crippen LogP contribution >= 0.6 is 0 Å². The lowest BCUT2D eigenvalue weighted by atomic mass is 9.72. The summed E-state index contributed by atoms with van der Waals surface area (Å²) in [5.74, 6) is 2.59. The maximum Gasteiger partial charge on any atom is 0.211 e. The number of allylic oxidation sites excluding steroid dienone is 2. The van der Waals surface area contributed by atoms with E-state index in [2.05, 4.69) is 87.4 Å². The summed E-state index contributed by atoms with van der Waals surface area (Å²) in [6.45, 7) is 8.89. The molecule has 2 aromatic carbocycles. The highest BCUT2D eigenvalue weighted by Gasteiger charge is 2.50. The van der Waals surface area contributed by atoms with Gasteiger partial charge in [0.2, 0.25) is 11.6 Å². The average molecular weight is 629 g/mol. The van der Waals surface area contributed by atoms with Crippen LogP contribution in [-0.4, -0.2) is 61.4 Å². The van der Waals surface area contributed by atoms with Gasteiger partial charge in [-0.25, -0.2) is 0 Å². The molecule has 0 spiro atoms. The van der Waals surface area contributed by atoms with Crippen molar-refractivity contribution in [2.24, 2.45) is 5.92 Å². The molecule has 248 valence electrons. The molecule has 0 bridgehead atoms. The summed E-state index contributed by atoms with van der Waals surface area (Å²) in [5.41, 5.74) is 6.35. The number of nitrogens with zero attached hydrogens (tertiary/aromatic N) is 1. The molecule has 2 heterocycles. The summed E-state index contributed by atoms with van der Waals surface area (Å²) >= 11 is 0. The molecule has 7 nitrogen and oxygen atoms in total. The minimum absolute atomic E-state index is 0.206. The zero-order chi connectivity index (χ0) is 31.9. The van der Waals surface area contributed by atoms with Crippen molar-refractivity contribution in [3.05, 3.63) is 64.9 Å². The van der Waals surface area contributed by atoms with Crippen LogP contribution < -0.4 is 14.2 Å². The van der Waals surface area contributed by atoms with Crippen molar-refractivity contribution in [2.75, 3.05) is 33.9 Å². The van der Waals surface area contributed by atoms with Gasteiger partial charge in [-0.15, -0.1) is 0 Å². The number of benzene rings is 2. The number of aryl methyl sites for hydroxylation is 1. The van der Waals surface area contributed by atoms with Crippen LogP contribution in [0.4, 0.5) is 0 Å². The lowest BCUT2D eigenvalue weighted by molar-refractivity contribution is -0.129. The lowest BCUT2D eigenvalue weighted by Crippen LogP contribution is -2.36. The Kier molecular flexibility index (Phi) is 8.85. The van der Waals surface area contributed by atoms with E-state index in [0.29, 0.717) is 25.0 Å². The van der Waals surface area contributed by atoms with E-state index in [1.54, 1.807) is 0 Å². The predicted molar refractivity (Wildman–Crippen MR) is 182 cm³/mol. The van der Waals surface area contributed by atoms with E-state index in [0.717, 1.165) is 93.5 Å². The quantitative estimate of drug-likeness (QED) is 0.104. The van der Waals surface area contributed by atoms with E-state index >= 15 is 0 Å². The second kappa shape index (κ2) is 12.9. The molecule has 0 amide bonds. The molecule has 7 rings (SSSR count). The van der Waals surface area contributed by atoms with Gasteiger partial charge in [-0.1, -0.05) is 31.1 Å². The van der Waals surface area contributed by atoms with Crippen molar-refractivity contribution >= 4 is 10.9 Å². The number of fused-ring (bicyclic) bond motifs is 4. The lowest BCUT2D eigenvalue weighted by Gasteiger charge is -2.41. The molecule has 1 aliphatic heterocycles. The molecule has 0 radical (unpaired) electrons. The normalized spacial score (nSPS) is 23.8. The van der Waals surface area contributed by atoms with Crippen molar-refractivity contribution in [1.82, 2.24) is 9.88 Å². The van der Waals surface area contributed by atoms with E-state index in [9.17, 15) is 0 Å². The molecule has 0 saturated heterocycles. The highest BCUT2D eigenvalue weighted by Crippen LogP contribution is 2.53. The van der Waals surface area contributed by atoms with Crippen molar-refractivity contribution in [3.63, 3.8) is 0 Å². The van der Waals surface area contributed by atoms with Gasteiger partial charge in [0.15, 0.2) is 0 Å². The van der Waals surface area contributed by atoms with Crippen molar-refractivity contribution in [3.8, 4) is 17.2 Å². The molecule has 3 unspecified atom stereocenters. The zero-order valence-electron chi connectivity index (χ0n) is 28.5. The molecule has 1 N–H and O–H groups in total. The Labute approximate surface area is 274 Å². The van der Waals surface area contributed by atoms with Gasteiger partial charge < -0.3 is 33.6 Å². The van der Waals surface area contributed by atoms with E-state index in [1.807, 2.05) is 0 Å². The maximum atomic E-state index is 6.83. The van der Waals surface area contributed by atoms with Gasteiger partial charge >= 0.3 is 0 Å². The van der Waals surface area contributed by atoms with E-state index in [1.165, 1.54) is 27.6 Å². The second-order valence-corrected chi connectivity index (χ2v) is 14.4. The molecule has 4 aliphatic rings. The maximum absolute atomic E-state index is 6.83. The van der Waals surface area contributed by atoms with Gasteiger partial charge in [-0.2, -0.15) is 0 Å². The molecule has 3 aromatic rings. The third-order valence-electron chi connectivity index (χ3n) is 10.3. The molecule has 46 heavy (non-hydrogen) atoms.